The number of rotatable bonds is 1. The molecule has 1 aliphatic heterocycles. The van der Waals surface area contributed by atoms with E-state index in [2.05, 4.69) is 37.8 Å². The van der Waals surface area contributed by atoms with Crippen LogP contribution in [0, 0.1) is 23.6 Å². The Morgan fingerprint density at radius 1 is 1.39 bits per heavy atom. The van der Waals surface area contributed by atoms with Gasteiger partial charge in [-0.1, -0.05) is 21.9 Å². The maximum Gasteiger partial charge on any atom is 0.445 e. The van der Waals surface area contributed by atoms with Crippen molar-refractivity contribution in [1.29, 1.82) is 0 Å². The summed E-state index contributed by atoms with van der Waals surface area (Å²) < 4.78 is 59.6. The normalized spacial score (nSPS) is 23.3. The van der Waals surface area contributed by atoms with Gasteiger partial charge in [-0.2, -0.15) is 13.2 Å². The van der Waals surface area contributed by atoms with Crippen molar-refractivity contribution in [3.63, 3.8) is 0 Å². The minimum atomic E-state index is -5.00. The van der Waals surface area contributed by atoms with Crippen LogP contribution in [0.3, 0.4) is 0 Å². The van der Waals surface area contributed by atoms with Crippen molar-refractivity contribution >= 4 is 27.7 Å². The first kappa shape index (κ1) is 16.1. The quantitative estimate of drug-likeness (QED) is 0.436. The molecule has 0 saturated heterocycles. The van der Waals surface area contributed by atoms with E-state index in [0.717, 1.165) is 12.1 Å². The van der Waals surface area contributed by atoms with Crippen molar-refractivity contribution in [2.45, 2.75) is 29.9 Å². The second kappa shape index (κ2) is 5.41. The average Bonchev–Trinajstić information content (AvgIpc) is 3.27. The summed E-state index contributed by atoms with van der Waals surface area (Å²) in [7, 11) is 0. The highest BCUT2D eigenvalue weighted by atomic mass is 79.9. The van der Waals surface area contributed by atoms with Gasteiger partial charge in [-0.05, 0) is 30.9 Å². The molecule has 0 aromatic heterocycles. The van der Waals surface area contributed by atoms with Gasteiger partial charge in [0.25, 0.3) is 5.60 Å². The zero-order valence-electron chi connectivity index (χ0n) is 11.6. The van der Waals surface area contributed by atoms with Gasteiger partial charge in [-0.15, -0.1) is 0 Å². The zero-order valence-corrected chi connectivity index (χ0v) is 13.1. The fourth-order valence-corrected chi connectivity index (χ4v) is 2.68. The third kappa shape index (κ3) is 2.78. The lowest BCUT2D eigenvalue weighted by Gasteiger charge is -2.36. The number of amides is 1. The molecular formula is C15H10BrF4NO2. The summed E-state index contributed by atoms with van der Waals surface area (Å²) in [6.45, 7) is 0. The summed E-state index contributed by atoms with van der Waals surface area (Å²) in [5, 5.41) is 2.27. The maximum atomic E-state index is 14.0. The van der Waals surface area contributed by atoms with E-state index in [0.29, 0.717) is 12.8 Å². The van der Waals surface area contributed by atoms with Crippen LogP contribution >= 0.6 is 15.9 Å². The number of hydrogen-bond donors (Lipinski definition) is 1. The van der Waals surface area contributed by atoms with Gasteiger partial charge in [0.15, 0.2) is 0 Å². The molecule has 3 nitrogen and oxygen atoms in total. The molecular weight excluding hydrogens is 382 g/mol. The fraction of sp³-hybridized carbons (Fsp3) is 0.400. The molecule has 122 valence electrons. The number of alkyl halides is 4. The van der Waals surface area contributed by atoms with E-state index in [4.69, 9.17) is 0 Å². The number of halogens is 5. The predicted molar refractivity (Wildman–Crippen MR) is 77.4 cm³/mol. The van der Waals surface area contributed by atoms with Crippen LogP contribution in [-0.4, -0.2) is 12.3 Å². The topological polar surface area (TPSA) is 38.3 Å². The van der Waals surface area contributed by atoms with Gasteiger partial charge in [-0.25, -0.2) is 9.18 Å². The fourth-order valence-electron chi connectivity index (χ4n) is 2.25. The summed E-state index contributed by atoms with van der Waals surface area (Å²) >= 11 is 3.04. The molecule has 8 heteroatoms. The number of carbonyl (C=O) groups excluding carboxylic acids is 1. The third-order valence-corrected chi connectivity index (χ3v) is 4.23. The van der Waals surface area contributed by atoms with Crippen molar-refractivity contribution in [3.05, 3.63) is 29.1 Å². The summed E-state index contributed by atoms with van der Waals surface area (Å²) in [5.74, 6) is 3.56. The second-order valence-corrected chi connectivity index (χ2v) is 5.92. The third-order valence-electron chi connectivity index (χ3n) is 3.62. The molecule has 1 atom stereocenters. The number of hydrogen-bond acceptors (Lipinski definition) is 2. The molecule has 1 amide bonds. The summed E-state index contributed by atoms with van der Waals surface area (Å²) in [4.78, 5) is 11.6. The highest BCUT2D eigenvalue weighted by molar-refractivity contribution is 9.08. The van der Waals surface area contributed by atoms with Gasteiger partial charge in [0.1, 0.15) is 5.82 Å². The molecule has 0 bridgehead atoms. The van der Waals surface area contributed by atoms with Gasteiger partial charge in [0.05, 0.1) is 5.69 Å². The van der Waals surface area contributed by atoms with Gasteiger partial charge in [-0.3, -0.25) is 5.32 Å². The first-order valence-corrected chi connectivity index (χ1v) is 7.87. The lowest BCUT2D eigenvalue weighted by molar-refractivity contribution is -0.239. The molecule has 2 aliphatic rings. The first-order valence-electron chi connectivity index (χ1n) is 6.75. The first-order chi connectivity index (χ1) is 10.8. The number of benzene rings is 1. The van der Waals surface area contributed by atoms with Crippen molar-refractivity contribution in [2.75, 3.05) is 5.32 Å². The van der Waals surface area contributed by atoms with Gasteiger partial charge >= 0.3 is 12.3 Å². The molecule has 3 rings (SSSR count). The highest BCUT2D eigenvalue weighted by Gasteiger charge is 2.62. The number of ether oxygens (including phenoxy) is 1. The Balaban J connectivity index is 2.23. The molecule has 1 unspecified atom stereocenters. The smallest absolute Gasteiger partial charge is 0.415 e. The van der Waals surface area contributed by atoms with E-state index in [-0.39, 0.29) is 22.5 Å². The van der Waals surface area contributed by atoms with Crippen LogP contribution in [0.4, 0.5) is 28.0 Å². The number of carbonyl (C=O) groups is 1. The minimum Gasteiger partial charge on any atom is -0.415 e. The SMILES string of the molecule is O=C1Nc2cc(CBr)c(F)cc2C(C#CC2CC2)(C(F)(F)F)O1. The van der Waals surface area contributed by atoms with Crippen LogP contribution < -0.4 is 5.32 Å². The van der Waals surface area contributed by atoms with E-state index in [1.807, 2.05) is 0 Å². The molecule has 23 heavy (non-hydrogen) atoms. The van der Waals surface area contributed by atoms with E-state index in [1.165, 1.54) is 0 Å². The molecule has 1 fully saturated rings. The summed E-state index contributed by atoms with van der Waals surface area (Å²) in [6, 6.07) is 1.87. The Labute approximate surface area is 137 Å². The van der Waals surface area contributed by atoms with Gasteiger partial charge < -0.3 is 4.74 Å². The molecule has 1 N–H and O–H groups in total. The number of cyclic esters (lactones) is 1. The Hall–Kier alpha value is -1.75. The van der Waals surface area contributed by atoms with Crippen molar-refractivity contribution < 1.29 is 27.1 Å². The van der Waals surface area contributed by atoms with E-state index < -0.39 is 29.3 Å². The Morgan fingerprint density at radius 3 is 2.65 bits per heavy atom. The number of fused-ring (bicyclic) bond motifs is 1. The van der Waals surface area contributed by atoms with Crippen LogP contribution in [0.2, 0.25) is 0 Å². The maximum absolute atomic E-state index is 14.0. The zero-order chi connectivity index (χ0) is 16.8. The predicted octanol–water partition coefficient (Wildman–Crippen LogP) is 4.45. The van der Waals surface area contributed by atoms with Crippen LogP contribution in [0.1, 0.15) is 24.0 Å². The van der Waals surface area contributed by atoms with Crippen LogP contribution in [0.25, 0.3) is 0 Å². The summed E-state index contributed by atoms with van der Waals surface area (Å²) in [6.07, 6.45) is -4.86. The standard InChI is InChI=1S/C15H10BrF4NO2/c16-7-9-5-12-10(6-11(9)17)14(15(18,19)20,23-13(22)21-12)4-3-8-1-2-8/h5-6,8H,1-2,7H2,(H,21,22). The number of anilines is 1. The van der Waals surface area contributed by atoms with Crippen LogP contribution in [0.15, 0.2) is 12.1 Å². The minimum absolute atomic E-state index is 0.0929. The number of nitrogens with one attached hydrogen (secondary N) is 1. The van der Waals surface area contributed by atoms with Crippen LogP contribution in [-0.2, 0) is 15.7 Å². The Kier molecular flexibility index (Phi) is 3.79. The van der Waals surface area contributed by atoms with E-state index >= 15 is 0 Å². The molecule has 0 spiro atoms. The van der Waals surface area contributed by atoms with Gasteiger partial charge in [0.2, 0.25) is 0 Å². The second-order valence-electron chi connectivity index (χ2n) is 5.36. The monoisotopic (exact) mass is 391 g/mol. The lowest BCUT2D eigenvalue weighted by atomic mass is 9.89. The van der Waals surface area contributed by atoms with E-state index in [9.17, 15) is 22.4 Å². The lowest BCUT2D eigenvalue weighted by Crippen LogP contribution is -2.49. The molecule has 1 aromatic rings. The van der Waals surface area contributed by atoms with E-state index in [1.54, 1.807) is 0 Å². The van der Waals surface area contributed by atoms with Crippen molar-refractivity contribution in [3.8, 4) is 11.8 Å². The molecule has 1 aliphatic carbocycles. The Bertz CT molecular complexity index is 733. The Morgan fingerprint density at radius 2 is 2.09 bits per heavy atom. The molecule has 1 aromatic carbocycles. The largest absolute Gasteiger partial charge is 0.445 e. The average molecular weight is 392 g/mol. The van der Waals surface area contributed by atoms with Gasteiger partial charge in [0, 0.05) is 22.4 Å². The molecule has 0 radical (unpaired) electrons. The van der Waals surface area contributed by atoms with Crippen molar-refractivity contribution in [1.82, 2.24) is 0 Å². The summed E-state index contributed by atoms with van der Waals surface area (Å²) in [5.41, 5.74) is -3.73. The van der Waals surface area contributed by atoms with Crippen molar-refractivity contribution in [2.24, 2.45) is 5.92 Å². The molecule has 1 saturated carbocycles. The highest BCUT2D eigenvalue weighted by Crippen LogP contribution is 2.48. The van der Waals surface area contributed by atoms with Crippen LogP contribution in [0.5, 0.6) is 0 Å². The molecule has 1 heterocycles.